The first kappa shape index (κ1) is 30.1. The number of nitro benzene ring substituents is 1. The Morgan fingerprint density at radius 1 is 1.10 bits per heavy atom. The molecule has 0 aliphatic carbocycles. The van der Waals surface area contributed by atoms with Gasteiger partial charge in [-0.2, -0.15) is 4.39 Å². The molecule has 0 saturated carbocycles. The van der Waals surface area contributed by atoms with Crippen molar-refractivity contribution >= 4 is 28.8 Å². The zero-order chi connectivity index (χ0) is 30.6. The summed E-state index contributed by atoms with van der Waals surface area (Å²) < 4.78 is 74.6. The molecule has 0 saturated heterocycles. The van der Waals surface area contributed by atoms with Crippen LogP contribution in [-0.4, -0.2) is 49.1 Å². The van der Waals surface area contributed by atoms with E-state index in [1.807, 2.05) is 0 Å². The van der Waals surface area contributed by atoms with Gasteiger partial charge >= 0.3 is 5.69 Å². The number of methoxy groups -OCH3 is 2. The molecule has 0 atom stereocenters. The molecule has 1 N–H and O–H groups in total. The molecule has 0 spiro atoms. The number of nitrogens with one attached hydrogen (secondary N) is 1. The first-order valence-electron chi connectivity index (χ1n) is 12.5. The number of fused-ring (bicyclic) bond motifs is 1. The zero-order valence-corrected chi connectivity index (χ0v) is 22.7. The van der Waals surface area contributed by atoms with E-state index in [9.17, 15) is 28.1 Å². The zero-order valence-electron chi connectivity index (χ0n) is 22.7. The summed E-state index contributed by atoms with van der Waals surface area (Å²) in [6.07, 6.45) is 4.25. The molecule has 0 unspecified atom stereocenters. The van der Waals surface area contributed by atoms with Crippen molar-refractivity contribution in [3.05, 3.63) is 99.1 Å². The highest BCUT2D eigenvalue weighted by molar-refractivity contribution is 6.10. The summed E-state index contributed by atoms with van der Waals surface area (Å²) in [5.74, 6) is -6.94. The Kier molecular flexibility index (Phi) is 9.11. The Bertz CT molecular complexity index is 1680. The second kappa shape index (κ2) is 12.7. The first-order valence-corrected chi connectivity index (χ1v) is 12.5. The van der Waals surface area contributed by atoms with Crippen LogP contribution in [0.4, 0.5) is 28.9 Å². The van der Waals surface area contributed by atoms with E-state index in [4.69, 9.17) is 14.2 Å². The van der Waals surface area contributed by atoms with Gasteiger partial charge in [0.15, 0.2) is 17.5 Å². The lowest BCUT2D eigenvalue weighted by Gasteiger charge is -2.16. The molecule has 2 aromatic heterocycles. The fourth-order valence-corrected chi connectivity index (χ4v) is 4.47. The van der Waals surface area contributed by atoms with E-state index in [2.05, 4.69) is 5.32 Å². The van der Waals surface area contributed by atoms with Crippen molar-refractivity contribution in [1.29, 1.82) is 0 Å². The molecule has 0 radical (unpaired) electrons. The average Bonchev–Trinajstić information content (AvgIpc) is 3.34. The van der Waals surface area contributed by atoms with Gasteiger partial charge in [0, 0.05) is 42.6 Å². The third-order valence-corrected chi connectivity index (χ3v) is 6.31. The van der Waals surface area contributed by atoms with Gasteiger partial charge in [-0.3, -0.25) is 14.9 Å². The Hall–Kier alpha value is -4.91. The normalized spacial score (nSPS) is 11.3. The van der Waals surface area contributed by atoms with Crippen molar-refractivity contribution in [2.75, 3.05) is 39.3 Å². The third-order valence-electron chi connectivity index (χ3n) is 6.31. The molecule has 2 heterocycles. The van der Waals surface area contributed by atoms with Crippen LogP contribution < -0.4 is 10.1 Å². The molecule has 0 aliphatic heterocycles. The molecule has 9 nitrogen and oxygen atoms in total. The van der Waals surface area contributed by atoms with E-state index in [1.165, 1.54) is 61.4 Å². The molecule has 42 heavy (non-hydrogen) atoms. The molecular weight excluding hydrogens is 562 g/mol. The summed E-state index contributed by atoms with van der Waals surface area (Å²) in [6.45, 7) is 2.39. The number of hydrogen-bond acceptors (Lipinski definition) is 7. The molecular formula is C29H25F4N3O6. The van der Waals surface area contributed by atoms with Gasteiger partial charge < -0.3 is 23.9 Å². The first-order chi connectivity index (χ1) is 20.1. The summed E-state index contributed by atoms with van der Waals surface area (Å²) in [5.41, 5.74) is -1.22. The molecule has 4 aromatic rings. The standard InChI is InChI=1S/C29H25F4N3O6/c1-4-42-10-7-16-14-22(29(37)17-12-19(30)25(32)20(31)13-17)35-9-5-6-18(27(16)35)24-23(41-3)15-21(34-8-11-40-2)28(26(24)33)36(38)39/h5-7,9-10,12-15,34H,4,8,11H2,1-3H3. The van der Waals surface area contributed by atoms with Gasteiger partial charge in [-0.1, -0.05) is 6.07 Å². The third kappa shape index (κ3) is 5.63. The Morgan fingerprint density at radius 2 is 1.81 bits per heavy atom. The predicted molar refractivity (Wildman–Crippen MR) is 147 cm³/mol. The maximum Gasteiger partial charge on any atom is 0.328 e. The minimum Gasteiger partial charge on any atom is -0.501 e. The Labute approximate surface area is 237 Å². The van der Waals surface area contributed by atoms with Crippen molar-refractivity contribution in [2.24, 2.45) is 0 Å². The second-order valence-corrected chi connectivity index (χ2v) is 8.81. The van der Waals surface area contributed by atoms with Gasteiger partial charge in [0.1, 0.15) is 11.4 Å². The number of ketones is 1. The Morgan fingerprint density at radius 3 is 2.43 bits per heavy atom. The number of hydrogen-bond donors (Lipinski definition) is 1. The van der Waals surface area contributed by atoms with Crippen LogP contribution in [0.25, 0.3) is 22.7 Å². The number of halogens is 4. The lowest BCUT2D eigenvalue weighted by molar-refractivity contribution is -0.386. The van der Waals surface area contributed by atoms with Crippen LogP contribution in [0.1, 0.15) is 28.5 Å². The lowest BCUT2D eigenvalue weighted by atomic mass is 10.00. The van der Waals surface area contributed by atoms with Gasteiger partial charge in [-0.15, -0.1) is 0 Å². The lowest BCUT2D eigenvalue weighted by Crippen LogP contribution is -2.11. The molecule has 0 amide bonds. The number of nitrogens with zero attached hydrogens (tertiary/aromatic N) is 2. The van der Waals surface area contributed by atoms with Crippen molar-refractivity contribution in [3.8, 4) is 16.9 Å². The largest absolute Gasteiger partial charge is 0.501 e. The van der Waals surface area contributed by atoms with Crippen molar-refractivity contribution < 1.29 is 41.5 Å². The topological polar surface area (TPSA) is 104 Å². The van der Waals surface area contributed by atoms with E-state index >= 15 is 4.39 Å². The number of anilines is 1. The van der Waals surface area contributed by atoms with Crippen LogP contribution in [0.5, 0.6) is 5.75 Å². The van der Waals surface area contributed by atoms with Gasteiger partial charge in [-0.05, 0) is 37.3 Å². The monoisotopic (exact) mass is 587 g/mol. The number of ether oxygens (including phenoxy) is 3. The maximum atomic E-state index is 16.1. The van der Waals surface area contributed by atoms with E-state index < -0.39 is 45.2 Å². The maximum absolute atomic E-state index is 16.1. The van der Waals surface area contributed by atoms with Crippen LogP contribution in [0, 0.1) is 33.4 Å². The highest BCUT2D eigenvalue weighted by atomic mass is 19.2. The minimum absolute atomic E-state index is 0.0531. The number of rotatable bonds is 12. The molecule has 0 aliphatic rings. The average molecular weight is 588 g/mol. The number of carbonyl (C=O) groups is 1. The summed E-state index contributed by atoms with van der Waals surface area (Å²) in [7, 11) is 2.71. The number of carbonyl (C=O) groups excluding carboxylic acids is 1. The van der Waals surface area contributed by atoms with Gasteiger partial charge in [0.25, 0.3) is 0 Å². The molecule has 0 fully saturated rings. The second-order valence-electron chi connectivity index (χ2n) is 8.81. The highest BCUT2D eigenvalue weighted by Gasteiger charge is 2.30. The van der Waals surface area contributed by atoms with E-state index in [0.29, 0.717) is 24.3 Å². The molecule has 13 heteroatoms. The van der Waals surface area contributed by atoms with Crippen molar-refractivity contribution in [1.82, 2.24) is 4.40 Å². The van der Waals surface area contributed by atoms with E-state index in [1.54, 1.807) is 6.92 Å². The molecule has 4 rings (SSSR count). The molecule has 0 bridgehead atoms. The van der Waals surface area contributed by atoms with Crippen LogP contribution in [0.2, 0.25) is 0 Å². The van der Waals surface area contributed by atoms with Gasteiger partial charge in [0.05, 0.1) is 48.3 Å². The van der Waals surface area contributed by atoms with Crippen molar-refractivity contribution in [2.45, 2.75) is 6.92 Å². The van der Waals surface area contributed by atoms with Crippen molar-refractivity contribution in [3.63, 3.8) is 0 Å². The van der Waals surface area contributed by atoms with Crippen LogP contribution in [-0.2, 0) is 9.47 Å². The molecule has 220 valence electrons. The van der Waals surface area contributed by atoms with E-state index in [0.717, 1.165) is 0 Å². The summed E-state index contributed by atoms with van der Waals surface area (Å²) in [6, 6.07) is 6.72. The van der Waals surface area contributed by atoms with Gasteiger partial charge in [-0.25, -0.2) is 13.2 Å². The van der Waals surface area contributed by atoms with Crippen LogP contribution in [0.3, 0.4) is 0 Å². The van der Waals surface area contributed by atoms with Crippen LogP contribution >= 0.6 is 0 Å². The van der Waals surface area contributed by atoms with Gasteiger partial charge in [0.2, 0.25) is 11.6 Å². The highest BCUT2D eigenvalue weighted by Crippen LogP contribution is 2.44. The molecule has 2 aromatic carbocycles. The summed E-state index contributed by atoms with van der Waals surface area (Å²) in [4.78, 5) is 24.5. The number of aromatic nitrogens is 1. The summed E-state index contributed by atoms with van der Waals surface area (Å²) in [5, 5.41) is 14.8. The smallest absolute Gasteiger partial charge is 0.328 e. The fraction of sp³-hybridized carbons (Fsp3) is 0.207. The summed E-state index contributed by atoms with van der Waals surface area (Å²) >= 11 is 0. The minimum atomic E-state index is -1.72. The number of nitro groups is 1. The number of pyridine rings is 1. The SMILES string of the molecule is CCOC=Cc1cc(C(=O)c2cc(F)c(F)c(F)c2)n2cccc(-c3c(OC)cc(NCCOC)c([N+](=O)[O-])c3F)c12. The number of benzene rings is 2. The Balaban J connectivity index is 2.01. The fourth-order valence-electron chi connectivity index (χ4n) is 4.47. The van der Waals surface area contributed by atoms with E-state index in [-0.39, 0.29) is 46.9 Å². The predicted octanol–water partition coefficient (Wildman–Crippen LogP) is 6.38. The quantitative estimate of drug-likeness (QED) is 0.0390. The van der Waals surface area contributed by atoms with Crippen LogP contribution in [0.15, 0.2) is 48.9 Å².